The predicted molar refractivity (Wildman–Crippen MR) is 60.4 cm³/mol. The van der Waals surface area contributed by atoms with Gasteiger partial charge in [0.05, 0.1) is 7.11 Å². The van der Waals surface area contributed by atoms with Crippen molar-refractivity contribution in [1.29, 1.82) is 0 Å². The van der Waals surface area contributed by atoms with Crippen molar-refractivity contribution in [2.75, 3.05) is 7.11 Å². The molecule has 0 aliphatic carbocycles. The standard InChI is InChI=1S/C12H16O4/c1-4-5-6-7-11(16-10(2)13)8-9-12(14)15-3/h4,7-9H,1,5-6H2,2-3H3/b9-8+,11-7-. The summed E-state index contributed by atoms with van der Waals surface area (Å²) in [7, 11) is 1.28. The van der Waals surface area contributed by atoms with Gasteiger partial charge >= 0.3 is 11.9 Å². The predicted octanol–water partition coefficient (Wildman–Crippen LogP) is 2.13. The summed E-state index contributed by atoms with van der Waals surface area (Å²) in [4.78, 5) is 21.6. The Bertz CT molecular complexity index is 313. The van der Waals surface area contributed by atoms with Gasteiger partial charge in [-0.1, -0.05) is 6.08 Å². The highest BCUT2D eigenvalue weighted by atomic mass is 16.5. The van der Waals surface area contributed by atoms with Crippen LogP contribution in [-0.2, 0) is 19.1 Å². The zero-order chi connectivity index (χ0) is 12.4. The summed E-state index contributed by atoms with van der Waals surface area (Å²) in [5.41, 5.74) is 0. The summed E-state index contributed by atoms with van der Waals surface area (Å²) < 4.78 is 9.31. The Hall–Kier alpha value is -1.84. The number of esters is 2. The number of unbranched alkanes of at least 4 members (excludes halogenated alkanes) is 1. The fraction of sp³-hybridized carbons (Fsp3) is 0.333. The van der Waals surface area contributed by atoms with E-state index in [1.807, 2.05) is 0 Å². The molecule has 0 saturated carbocycles. The highest BCUT2D eigenvalue weighted by molar-refractivity contribution is 5.82. The van der Waals surface area contributed by atoms with Crippen LogP contribution in [0.2, 0.25) is 0 Å². The van der Waals surface area contributed by atoms with E-state index in [9.17, 15) is 9.59 Å². The van der Waals surface area contributed by atoms with E-state index in [0.717, 1.165) is 6.42 Å². The maximum atomic E-state index is 10.8. The van der Waals surface area contributed by atoms with Crippen molar-refractivity contribution in [3.8, 4) is 0 Å². The molecular weight excluding hydrogens is 208 g/mol. The maximum absolute atomic E-state index is 10.8. The minimum atomic E-state index is -0.498. The molecule has 0 atom stereocenters. The molecule has 0 saturated heterocycles. The lowest BCUT2D eigenvalue weighted by molar-refractivity contribution is -0.137. The lowest BCUT2D eigenvalue weighted by Gasteiger charge is -2.01. The topological polar surface area (TPSA) is 52.6 Å². The first kappa shape index (κ1) is 14.2. The van der Waals surface area contributed by atoms with E-state index in [0.29, 0.717) is 12.2 Å². The molecule has 0 amide bonds. The quantitative estimate of drug-likeness (QED) is 0.173. The number of methoxy groups -OCH3 is 1. The van der Waals surface area contributed by atoms with Gasteiger partial charge < -0.3 is 9.47 Å². The van der Waals surface area contributed by atoms with E-state index in [1.54, 1.807) is 12.2 Å². The minimum Gasteiger partial charge on any atom is -0.466 e. The van der Waals surface area contributed by atoms with Gasteiger partial charge in [0.1, 0.15) is 5.76 Å². The zero-order valence-corrected chi connectivity index (χ0v) is 9.56. The van der Waals surface area contributed by atoms with Gasteiger partial charge in [-0.2, -0.15) is 0 Å². The van der Waals surface area contributed by atoms with E-state index in [-0.39, 0.29) is 0 Å². The first-order valence-electron chi connectivity index (χ1n) is 4.85. The van der Waals surface area contributed by atoms with Crippen LogP contribution in [0.4, 0.5) is 0 Å². The van der Waals surface area contributed by atoms with Gasteiger partial charge in [0, 0.05) is 13.0 Å². The number of carbonyl (C=O) groups is 2. The number of hydrogen-bond donors (Lipinski definition) is 0. The smallest absolute Gasteiger partial charge is 0.330 e. The number of ether oxygens (including phenoxy) is 2. The van der Waals surface area contributed by atoms with E-state index in [1.165, 1.54) is 26.2 Å². The molecule has 4 nitrogen and oxygen atoms in total. The lowest BCUT2D eigenvalue weighted by atomic mass is 10.2. The number of carbonyl (C=O) groups excluding carboxylic acids is 2. The molecule has 0 N–H and O–H groups in total. The third-order valence-electron chi connectivity index (χ3n) is 1.56. The molecule has 16 heavy (non-hydrogen) atoms. The van der Waals surface area contributed by atoms with Crippen molar-refractivity contribution in [2.45, 2.75) is 19.8 Å². The monoisotopic (exact) mass is 224 g/mol. The van der Waals surface area contributed by atoms with Crippen molar-refractivity contribution in [2.24, 2.45) is 0 Å². The minimum absolute atomic E-state index is 0.333. The van der Waals surface area contributed by atoms with Crippen molar-refractivity contribution >= 4 is 11.9 Å². The summed E-state index contributed by atoms with van der Waals surface area (Å²) in [5.74, 6) is -0.596. The van der Waals surface area contributed by atoms with Crippen molar-refractivity contribution in [1.82, 2.24) is 0 Å². The Labute approximate surface area is 95.2 Å². The van der Waals surface area contributed by atoms with Crippen LogP contribution in [0.15, 0.2) is 36.6 Å². The first-order valence-corrected chi connectivity index (χ1v) is 4.85. The van der Waals surface area contributed by atoms with Gasteiger partial charge in [-0.15, -0.1) is 6.58 Å². The Balaban J connectivity index is 4.47. The van der Waals surface area contributed by atoms with Crippen LogP contribution in [0, 0.1) is 0 Å². The second-order valence-corrected chi connectivity index (χ2v) is 2.92. The lowest BCUT2D eigenvalue weighted by Crippen LogP contribution is -1.99. The molecule has 0 heterocycles. The van der Waals surface area contributed by atoms with Gasteiger partial charge in [0.2, 0.25) is 0 Å². The van der Waals surface area contributed by atoms with E-state index < -0.39 is 11.9 Å². The van der Waals surface area contributed by atoms with Crippen LogP contribution >= 0.6 is 0 Å². The zero-order valence-electron chi connectivity index (χ0n) is 9.56. The molecular formula is C12H16O4. The summed E-state index contributed by atoms with van der Waals surface area (Å²) in [6.45, 7) is 4.88. The molecule has 0 unspecified atom stereocenters. The van der Waals surface area contributed by atoms with Gasteiger partial charge in [0.25, 0.3) is 0 Å². The van der Waals surface area contributed by atoms with Crippen LogP contribution in [0.25, 0.3) is 0 Å². The van der Waals surface area contributed by atoms with Gasteiger partial charge in [-0.3, -0.25) is 4.79 Å². The van der Waals surface area contributed by atoms with E-state index >= 15 is 0 Å². The summed E-state index contributed by atoms with van der Waals surface area (Å²) in [5, 5.41) is 0. The second-order valence-electron chi connectivity index (χ2n) is 2.92. The third-order valence-corrected chi connectivity index (χ3v) is 1.56. The largest absolute Gasteiger partial charge is 0.466 e. The van der Waals surface area contributed by atoms with Crippen molar-refractivity contribution < 1.29 is 19.1 Å². The normalized spacial score (nSPS) is 11.2. The highest BCUT2D eigenvalue weighted by Gasteiger charge is 1.99. The third kappa shape index (κ3) is 7.55. The van der Waals surface area contributed by atoms with E-state index in [4.69, 9.17) is 4.74 Å². The van der Waals surface area contributed by atoms with Gasteiger partial charge in [-0.25, -0.2) is 4.79 Å². The Kier molecular flexibility index (Phi) is 7.49. The van der Waals surface area contributed by atoms with Crippen LogP contribution < -0.4 is 0 Å². The molecule has 0 radical (unpaired) electrons. The SMILES string of the molecule is C=CCC/C=C(/C=C/C(=O)OC)OC(C)=O. The maximum Gasteiger partial charge on any atom is 0.330 e. The molecule has 0 rings (SSSR count). The van der Waals surface area contributed by atoms with Crippen LogP contribution in [0.5, 0.6) is 0 Å². The first-order chi connectivity index (χ1) is 7.60. The van der Waals surface area contributed by atoms with Crippen LogP contribution in [-0.4, -0.2) is 19.0 Å². The fourth-order valence-corrected chi connectivity index (χ4v) is 0.871. The summed E-state index contributed by atoms with van der Waals surface area (Å²) >= 11 is 0. The molecule has 0 aromatic rings. The molecule has 0 fully saturated rings. The molecule has 0 bridgehead atoms. The highest BCUT2D eigenvalue weighted by Crippen LogP contribution is 2.04. The summed E-state index contributed by atoms with van der Waals surface area (Å²) in [6.07, 6.45) is 7.53. The molecule has 0 aromatic heterocycles. The van der Waals surface area contributed by atoms with Crippen LogP contribution in [0.3, 0.4) is 0 Å². The van der Waals surface area contributed by atoms with Crippen molar-refractivity contribution in [3.05, 3.63) is 36.6 Å². The molecule has 0 aliphatic heterocycles. The molecule has 88 valence electrons. The molecule has 4 heteroatoms. The number of hydrogen-bond acceptors (Lipinski definition) is 4. The molecule has 0 spiro atoms. The molecule has 0 aliphatic rings. The average molecular weight is 224 g/mol. The molecule has 0 aromatic carbocycles. The van der Waals surface area contributed by atoms with E-state index in [2.05, 4.69) is 11.3 Å². The van der Waals surface area contributed by atoms with Crippen molar-refractivity contribution in [3.63, 3.8) is 0 Å². The Morgan fingerprint density at radius 3 is 2.44 bits per heavy atom. The van der Waals surface area contributed by atoms with Gasteiger partial charge in [-0.05, 0) is 25.0 Å². The Morgan fingerprint density at radius 1 is 1.25 bits per heavy atom. The average Bonchev–Trinajstić information content (AvgIpc) is 2.24. The van der Waals surface area contributed by atoms with Crippen LogP contribution in [0.1, 0.15) is 19.8 Å². The number of allylic oxidation sites excluding steroid dienone is 3. The summed E-state index contributed by atoms with van der Waals surface area (Å²) in [6, 6.07) is 0. The Morgan fingerprint density at radius 2 is 1.94 bits per heavy atom. The second kappa shape index (κ2) is 8.47. The fourth-order valence-electron chi connectivity index (χ4n) is 0.871. The van der Waals surface area contributed by atoms with Gasteiger partial charge in [0.15, 0.2) is 0 Å². The number of rotatable bonds is 6.